The van der Waals surface area contributed by atoms with Crippen molar-refractivity contribution in [3.05, 3.63) is 382 Å². The molecule has 0 aliphatic heterocycles. The predicted octanol–water partition coefficient (Wildman–Crippen LogP) is 24.7. The molecule has 99 heavy (non-hydrogen) atoms. The van der Waals surface area contributed by atoms with Gasteiger partial charge in [-0.1, -0.05) is 243 Å². The maximum Gasteiger partial charge on any atom is 0.0542 e. The van der Waals surface area contributed by atoms with Crippen LogP contribution in [0, 0.1) is 0 Å². The van der Waals surface area contributed by atoms with E-state index in [1.165, 1.54) is 150 Å². The SMILES string of the molecule is CN(c1ccc(-c2ccccc2)cc1)c1ccc2c(c1)c1ccccc1n2-c1ccccc1.CN(c1ccc2c(c1)c1ccccc1n2-c1ccccc1)c1ccccc1-c1ccccc1.CN(c1cccc(-c2ccccc2)c1)c1ccc2c(c1)c1ccccc1n2-c1ccccc1. The van der Waals surface area contributed by atoms with Crippen LogP contribution in [0.4, 0.5) is 34.1 Å². The van der Waals surface area contributed by atoms with Gasteiger partial charge in [0.05, 0.1) is 33.1 Å². The Labute approximate surface area is 578 Å². The van der Waals surface area contributed by atoms with Gasteiger partial charge in [-0.3, -0.25) is 0 Å². The zero-order valence-electron chi connectivity index (χ0n) is 55.6. The van der Waals surface area contributed by atoms with Crippen LogP contribution < -0.4 is 14.7 Å². The van der Waals surface area contributed by atoms with Crippen molar-refractivity contribution in [2.45, 2.75) is 0 Å². The minimum Gasteiger partial charge on any atom is -0.345 e. The van der Waals surface area contributed by atoms with E-state index in [2.05, 4.69) is 432 Å². The highest BCUT2D eigenvalue weighted by atomic mass is 15.1. The highest BCUT2D eigenvalue weighted by Gasteiger charge is 2.19. The van der Waals surface area contributed by atoms with Crippen LogP contribution in [0.3, 0.4) is 0 Å². The summed E-state index contributed by atoms with van der Waals surface area (Å²) >= 11 is 0. The van der Waals surface area contributed by atoms with E-state index in [0.717, 1.165) is 0 Å². The summed E-state index contributed by atoms with van der Waals surface area (Å²) in [6, 6.07) is 136. The molecular formula is C93H72N6. The van der Waals surface area contributed by atoms with Gasteiger partial charge in [-0.05, 0) is 167 Å². The normalized spacial score (nSPS) is 11.2. The van der Waals surface area contributed by atoms with Crippen LogP contribution >= 0.6 is 0 Å². The molecule has 0 bridgehead atoms. The molecular weight excluding hydrogens is 1200 g/mol. The highest BCUT2D eigenvalue weighted by molar-refractivity contribution is 6.13. The van der Waals surface area contributed by atoms with Crippen LogP contribution in [-0.2, 0) is 0 Å². The molecule has 0 unspecified atom stereocenters. The van der Waals surface area contributed by atoms with Crippen molar-refractivity contribution >= 4 is 99.5 Å². The number of hydrogen-bond donors (Lipinski definition) is 0. The van der Waals surface area contributed by atoms with E-state index >= 15 is 0 Å². The predicted molar refractivity (Wildman–Crippen MR) is 422 cm³/mol. The number of para-hydroxylation sites is 7. The summed E-state index contributed by atoms with van der Waals surface area (Å²) in [5.74, 6) is 0. The fourth-order valence-corrected chi connectivity index (χ4v) is 14.2. The lowest BCUT2D eigenvalue weighted by molar-refractivity contribution is 1.17. The van der Waals surface area contributed by atoms with Crippen LogP contribution in [-0.4, -0.2) is 34.8 Å². The molecule has 0 spiro atoms. The average molecular weight is 1270 g/mol. The molecule has 0 saturated heterocycles. The van der Waals surface area contributed by atoms with Crippen LogP contribution in [0.2, 0.25) is 0 Å². The molecule has 474 valence electrons. The second-order valence-corrected chi connectivity index (χ2v) is 25.1. The Morgan fingerprint density at radius 1 is 0.182 bits per heavy atom. The van der Waals surface area contributed by atoms with Crippen LogP contribution in [0.25, 0.3) is 116 Å². The monoisotopic (exact) mass is 1270 g/mol. The molecule has 3 heterocycles. The van der Waals surface area contributed by atoms with E-state index in [9.17, 15) is 0 Å². The van der Waals surface area contributed by atoms with E-state index in [0.29, 0.717) is 0 Å². The molecule has 0 saturated carbocycles. The maximum absolute atomic E-state index is 2.35. The third kappa shape index (κ3) is 11.9. The fourth-order valence-electron chi connectivity index (χ4n) is 14.2. The number of hydrogen-bond acceptors (Lipinski definition) is 3. The largest absolute Gasteiger partial charge is 0.345 e. The molecule has 15 aromatic carbocycles. The molecule has 18 aromatic rings. The molecule has 6 heteroatoms. The molecule has 0 aliphatic rings. The van der Waals surface area contributed by atoms with E-state index < -0.39 is 0 Å². The summed E-state index contributed by atoms with van der Waals surface area (Å²) in [6.45, 7) is 0. The van der Waals surface area contributed by atoms with Gasteiger partial charge < -0.3 is 28.4 Å². The number of rotatable bonds is 12. The van der Waals surface area contributed by atoms with Gasteiger partial charge in [0, 0.05) is 110 Å². The smallest absolute Gasteiger partial charge is 0.0542 e. The number of fused-ring (bicyclic) bond motifs is 9. The summed E-state index contributed by atoms with van der Waals surface area (Å²) < 4.78 is 7.06. The Bertz CT molecular complexity index is 5820. The molecule has 0 atom stereocenters. The van der Waals surface area contributed by atoms with Crippen LogP contribution in [0.5, 0.6) is 0 Å². The van der Waals surface area contributed by atoms with Gasteiger partial charge in [0.2, 0.25) is 0 Å². The zero-order valence-corrected chi connectivity index (χ0v) is 55.6. The Kier molecular flexibility index (Phi) is 16.7. The van der Waals surface area contributed by atoms with E-state index in [1.54, 1.807) is 0 Å². The molecule has 0 radical (unpaired) electrons. The van der Waals surface area contributed by atoms with Gasteiger partial charge in [0.25, 0.3) is 0 Å². The standard InChI is InChI=1S/3C31H24N2/c1-32(29-18-10-8-16-26(29)23-12-4-2-5-13-23)25-20-21-31-28(22-25)27-17-9-11-19-30(27)33(31)24-14-6-3-7-15-24;1-32(26-16-10-13-24(21-26)23-11-4-2-5-12-23)27-19-20-31-29(22-27)28-17-8-9-18-30(28)33(31)25-14-6-3-7-15-25;1-32(25-18-16-24(17-19-25)23-10-4-2-5-11-23)27-20-21-31-29(22-27)28-14-8-9-15-30(28)33(31)26-12-6-3-7-13-26/h3*2-22H,1H3. The third-order valence-corrected chi connectivity index (χ3v) is 19.2. The van der Waals surface area contributed by atoms with Crippen molar-refractivity contribution in [3.8, 4) is 50.4 Å². The first-order valence-electron chi connectivity index (χ1n) is 33.8. The second-order valence-electron chi connectivity index (χ2n) is 25.1. The van der Waals surface area contributed by atoms with E-state index in [4.69, 9.17) is 0 Å². The number of aromatic nitrogens is 3. The summed E-state index contributed by atoms with van der Waals surface area (Å²) in [7, 11) is 6.43. The van der Waals surface area contributed by atoms with Crippen molar-refractivity contribution in [3.63, 3.8) is 0 Å². The van der Waals surface area contributed by atoms with Gasteiger partial charge in [0.1, 0.15) is 0 Å². The molecule has 0 amide bonds. The van der Waals surface area contributed by atoms with Gasteiger partial charge >= 0.3 is 0 Å². The van der Waals surface area contributed by atoms with Gasteiger partial charge in [-0.2, -0.15) is 0 Å². The number of benzene rings is 15. The number of nitrogens with zero attached hydrogens (tertiary/aromatic N) is 6. The van der Waals surface area contributed by atoms with Gasteiger partial charge in [0.15, 0.2) is 0 Å². The molecule has 6 nitrogen and oxygen atoms in total. The highest BCUT2D eigenvalue weighted by Crippen LogP contribution is 2.41. The maximum atomic E-state index is 2.35. The Balaban J connectivity index is 0.000000116. The second kappa shape index (κ2) is 27.1. The molecule has 0 N–H and O–H groups in total. The lowest BCUT2D eigenvalue weighted by Crippen LogP contribution is -2.10. The summed E-state index contributed by atoms with van der Waals surface area (Å²) in [5.41, 5.74) is 25.3. The summed E-state index contributed by atoms with van der Waals surface area (Å²) in [6.07, 6.45) is 0. The molecule has 3 aromatic heterocycles. The number of anilines is 6. The van der Waals surface area contributed by atoms with Crippen LogP contribution in [0.15, 0.2) is 382 Å². The molecule has 0 aliphatic carbocycles. The minimum atomic E-state index is 1.17. The minimum absolute atomic E-state index is 1.17. The molecule has 0 fully saturated rings. The van der Waals surface area contributed by atoms with Gasteiger partial charge in [-0.15, -0.1) is 0 Å². The van der Waals surface area contributed by atoms with Gasteiger partial charge in [-0.25, -0.2) is 0 Å². The fraction of sp³-hybridized carbons (Fsp3) is 0.0323. The molecule has 18 rings (SSSR count). The quantitative estimate of drug-likeness (QED) is 0.122. The van der Waals surface area contributed by atoms with E-state index in [1.807, 2.05) is 0 Å². The van der Waals surface area contributed by atoms with Crippen molar-refractivity contribution in [1.29, 1.82) is 0 Å². The van der Waals surface area contributed by atoms with Crippen LogP contribution in [0.1, 0.15) is 0 Å². The summed E-state index contributed by atoms with van der Waals surface area (Å²) in [5, 5.41) is 7.59. The lowest BCUT2D eigenvalue weighted by Gasteiger charge is -2.23. The Morgan fingerprint density at radius 2 is 0.475 bits per heavy atom. The van der Waals surface area contributed by atoms with Crippen molar-refractivity contribution in [2.24, 2.45) is 0 Å². The zero-order chi connectivity index (χ0) is 66.6. The van der Waals surface area contributed by atoms with E-state index in [-0.39, 0.29) is 0 Å². The average Bonchev–Trinajstić information content (AvgIpc) is 1.61. The topological polar surface area (TPSA) is 24.5 Å². The first-order valence-corrected chi connectivity index (χ1v) is 33.8. The van der Waals surface area contributed by atoms with Crippen molar-refractivity contribution in [2.75, 3.05) is 35.8 Å². The van der Waals surface area contributed by atoms with Crippen molar-refractivity contribution in [1.82, 2.24) is 13.7 Å². The summed E-state index contributed by atoms with van der Waals surface area (Å²) in [4.78, 5) is 6.81. The Hall–Kier alpha value is -12.9. The first kappa shape index (κ1) is 61.0. The third-order valence-electron chi connectivity index (χ3n) is 19.2. The first-order chi connectivity index (χ1) is 48.9. The lowest BCUT2D eigenvalue weighted by atomic mass is 10.0. The Morgan fingerprint density at radius 3 is 0.909 bits per heavy atom. The van der Waals surface area contributed by atoms with Crippen molar-refractivity contribution < 1.29 is 0 Å².